The predicted octanol–water partition coefficient (Wildman–Crippen LogP) is 0.0350. The number of halogens is 1. The number of anilines is 1. The first-order chi connectivity index (χ1) is 13.4. The van der Waals surface area contributed by atoms with E-state index in [0.29, 0.717) is 0 Å². The highest BCUT2D eigenvalue weighted by Crippen LogP contribution is 2.39. The van der Waals surface area contributed by atoms with Gasteiger partial charge in [0.25, 0.3) is 5.91 Å². The third kappa shape index (κ3) is 3.80. The number of nitrogens with two attached hydrogens (primary N) is 2. The number of aliphatic hydroxyl groups is 2. The lowest BCUT2D eigenvalue weighted by Gasteiger charge is -2.21. The molecular formula is C17H22BrN5O6. The lowest BCUT2D eigenvalue weighted by molar-refractivity contribution is -0.159. The molecule has 11 nitrogen and oxygen atoms in total. The molecule has 1 fully saturated rings. The molecule has 3 aliphatic heterocycles. The number of fused-ring (bicyclic) bond motifs is 1. The molecule has 0 spiro atoms. The molecule has 29 heavy (non-hydrogen) atoms. The predicted molar refractivity (Wildman–Crippen MR) is 104 cm³/mol. The molecule has 0 aromatic carbocycles. The first-order valence-corrected chi connectivity index (χ1v) is 9.53. The molecule has 0 bridgehead atoms. The molecule has 6 N–H and O–H groups in total. The van der Waals surface area contributed by atoms with Crippen LogP contribution in [0.3, 0.4) is 0 Å². The number of carbonyl (C=O) groups excluding carboxylic acids is 2. The molecule has 3 aliphatic rings. The molecule has 1 amide bonds. The monoisotopic (exact) mass is 471 g/mol. The third-order valence-corrected chi connectivity index (χ3v) is 5.13. The summed E-state index contributed by atoms with van der Waals surface area (Å²) in [7, 11) is 0. The first-order valence-electron chi connectivity index (χ1n) is 8.73. The van der Waals surface area contributed by atoms with Gasteiger partial charge in [-0.05, 0) is 36.7 Å². The van der Waals surface area contributed by atoms with Crippen LogP contribution >= 0.6 is 15.9 Å². The highest BCUT2D eigenvalue weighted by Gasteiger charge is 2.46. The Morgan fingerprint density at radius 3 is 2.59 bits per heavy atom. The largest absolute Gasteiger partial charge is 0.462 e. The minimum Gasteiger partial charge on any atom is -0.462 e. The van der Waals surface area contributed by atoms with Gasteiger partial charge in [-0.25, -0.2) is 9.97 Å². The van der Waals surface area contributed by atoms with Crippen LogP contribution in [0.4, 0.5) is 5.82 Å². The van der Waals surface area contributed by atoms with Crippen LogP contribution in [0.5, 0.6) is 0 Å². The second-order valence-electron chi connectivity index (χ2n) is 7.77. The molecule has 4 atom stereocenters. The van der Waals surface area contributed by atoms with Crippen molar-refractivity contribution >= 4 is 33.6 Å². The number of ether oxygens (including phenoxy) is 2. The minimum atomic E-state index is -1.38. The normalized spacial score (nSPS) is 24.8. The van der Waals surface area contributed by atoms with Crippen molar-refractivity contribution in [3.8, 4) is 11.4 Å². The number of esters is 1. The third-order valence-electron chi connectivity index (χ3n) is 4.55. The summed E-state index contributed by atoms with van der Waals surface area (Å²) in [5.74, 6) is -1.03. The quantitative estimate of drug-likeness (QED) is 0.448. The number of aliphatic hydroxyl groups excluding tert-OH is 2. The molecule has 0 aliphatic carbocycles. The highest BCUT2D eigenvalue weighted by molar-refractivity contribution is 9.10. The fourth-order valence-corrected chi connectivity index (χ4v) is 3.54. The summed E-state index contributed by atoms with van der Waals surface area (Å²) in [4.78, 5) is 32.0. The number of amides is 1. The van der Waals surface area contributed by atoms with Gasteiger partial charge in [-0.2, -0.15) is 0 Å². The van der Waals surface area contributed by atoms with Gasteiger partial charge in [0.1, 0.15) is 47.5 Å². The number of carbonyl (C=O) groups is 2. The fourth-order valence-electron chi connectivity index (χ4n) is 2.97. The molecule has 158 valence electrons. The molecule has 0 aromatic rings. The van der Waals surface area contributed by atoms with E-state index in [-0.39, 0.29) is 34.0 Å². The van der Waals surface area contributed by atoms with Gasteiger partial charge in [0.15, 0.2) is 6.23 Å². The standard InChI is InChI=1S/C17H22BrN5O6/c1-17(2,3)16(27)28-4-6-9(24)10(25)15(29-6)23-5-21-12(19)8-7(13(20)26)11(18)22-14(8)23/h5-6,9-10,15,24-25H,4,19H2,1-3H3,(H2,20,26)/t6-,9-,10+,15-/m0/s1. The van der Waals surface area contributed by atoms with E-state index >= 15 is 0 Å². The van der Waals surface area contributed by atoms with Gasteiger partial charge < -0.3 is 31.2 Å². The maximum absolute atomic E-state index is 12.0. The van der Waals surface area contributed by atoms with E-state index in [9.17, 15) is 19.8 Å². The van der Waals surface area contributed by atoms with Gasteiger partial charge in [-0.15, -0.1) is 0 Å². The van der Waals surface area contributed by atoms with Gasteiger partial charge in [-0.1, -0.05) is 0 Å². The average Bonchev–Trinajstić information content (AvgIpc) is 3.11. The molecule has 0 aromatic heterocycles. The van der Waals surface area contributed by atoms with Crippen molar-refractivity contribution < 1.29 is 29.3 Å². The van der Waals surface area contributed by atoms with E-state index in [4.69, 9.17) is 20.9 Å². The Hall–Kier alpha value is -2.28. The Morgan fingerprint density at radius 2 is 2.00 bits per heavy atom. The maximum atomic E-state index is 12.0. The summed E-state index contributed by atoms with van der Waals surface area (Å²) >= 11 is 3.17. The molecule has 0 radical (unpaired) electrons. The zero-order chi connectivity index (χ0) is 21.7. The molecule has 0 saturated carbocycles. The summed E-state index contributed by atoms with van der Waals surface area (Å²) in [5, 5.41) is 20.8. The van der Waals surface area contributed by atoms with Crippen molar-refractivity contribution in [2.24, 2.45) is 11.1 Å². The van der Waals surface area contributed by atoms with Crippen LogP contribution in [0.1, 0.15) is 37.4 Å². The van der Waals surface area contributed by atoms with Crippen LogP contribution in [-0.4, -0.2) is 61.5 Å². The van der Waals surface area contributed by atoms with Crippen molar-refractivity contribution in [3.63, 3.8) is 0 Å². The zero-order valence-corrected chi connectivity index (χ0v) is 17.6. The van der Waals surface area contributed by atoms with Gasteiger partial charge in [0.05, 0.1) is 16.5 Å². The van der Waals surface area contributed by atoms with E-state index in [1.165, 1.54) is 10.9 Å². The Kier molecular flexibility index (Phi) is 5.56. The van der Waals surface area contributed by atoms with Gasteiger partial charge >= 0.3 is 5.97 Å². The molecule has 1 saturated heterocycles. The van der Waals surface area contributed by atoms with Crippen LogP contribution in [0.25, 0.3) is 11.4 Å². The summed E-state index contributed by atoms with van der Waals surface area (Å²) in [6.07, 6.45) is -3.52. The van der Waals surface area contributed by atoms with Crippen molar-refractivity contribution in [1.82, 2.24) is 14.5 Å². The number of rotatable bonds is 4. The lowest BCUT2D eigenvalue weighted by atomic mass is 9.97. The second-order valence-corrected chi connectivity index (χ2v) is 8.52. The van der Waals surface area contributed by atoms with E-state index in [1.807, 2.05) is 0 Å². The highest BCUT2D eigenvalue weighted by atomic mass is 79.9. The number of primary amides is 1. The summed E-state index contributed by atoms with van der Waals surface area (Å²) in [6.45, 7) is 4.84. The van der Waals surface area contributed by atoms with Crippen LogP contribution in [0, 0.1) is 5.41 Å². The lowest BCUT2D eigenvalue weighted by Crippen LogP contribution is -2.36. The van der Waals surface area contributed by atoms with Crippen LogP contribution < -0.4 is 11.5 Å². The van der Waals surface area contributed by atoms with Crippen molar-refractivity contribution in [3.05, 3.63) is 16.5 Å². The number of hydrogen-bond donors (Lipinski definition) is 4. The topological polar surface area (TPSA) is 176 Å². The molecular weight excluding hydrogens is 450 g/mol. The zero-order valence-electron chi connectivity index (χ0n) is 16.0. The number of nitrogens with zero attached hydrogens (tertiary/aromatic N) is 3. The first kappa shape index (κ1) is 21.4. The van der Waals surface area contributed by atoms with Crippen molar-refractivity contribution in [2.45, 2.75) is 45.3 Å². The maximum Gasteiger partial charge on any atom is 0.311 e. The van der Waals surface area contributed by atoms with Crippen molar-refractivity contribution in [2.75, 3.05) is 12.3 Å². The average molecular weight is 472 g/mol. The Bertz CT molecular complexity index is 926. The molecule has 3 rings (SSSR count). The Labute approximate surface area is 174 Å². The molecule has 0 unspecified atom stereocenters. The van der Waals surface area contributed by atoms with Crippen molar-refractivity contribution in [1.29, 1.82) is 0 Å². The van der Waals surface area contributed by atoms with Crippen LogP contribution in [-0.2, 0) is 14.3 Å². The number of hydrogen-bond acceptors (Lipinski definition) is 9. The number of aromatic nitrogens is 3. The van der Waals surface area contributed by atoms with E-state index in [0.717, 1.165) is 0 Å². The van der Waals surface area contributed by atoms with E-state index in [1.54, 1.807) is 20.8 Å². The summed E-state index contributed by atoms with van der Waals surface area (Å²) in [5.41, 5.74) is 10.8. The van der Waals surface area contributed by atoms with Crippen LogP contribution in [0.2, 0.25) is 0 Å². The van der Waals surface area contributed by atoms with Gasteiger partial charge in [0.2, 0.25) is 0 Å². The minimum absolute atomic E-state index is 0.0203. The number of nitrogen functional groups attached to an aromatic ring is 1. The molecule has 3 heterocycles. The molecule has 12 heteroatoms. The Morgan fingerprint density at radius 1 is 1.34 bits per heavy atom. The van der Waals surface area contributed by atoms with Gasteiger partial charge in [-0.3, -0.25) is 14.2 Å². The van der Waals surface area contributed by atoms with E-state index < -0.39 is 41.8 Å². The van der Waals surface area contributed by atoms with Gasteiger partial charge in [0, 0.05) is 0 Å². The van der Waals surface area contributed by atoms with E-state index in [2.05, 4.69) is 25.9 Å². The summed E-state index contributed by atoms with van der Waals surface area (Å²) < 4.78 is 12.4. The second kappa shape index (κ2) is 7.52. The fraction of sp³-hybridized carbons (Fsp3) is 0.529. The summed E-state index contributed by atoms with van der Waals surface area (Å²) in [6, 6.07) is 0. The smallest absolute Gasteiger partial charge is 0.311 e. The SMILES string of the molecule is CC(C)(C)C(=O)OC[C@@H]1O[C@H](n2cnc(N)c3c(C(N)=O)c(Br)nc2-3)[C@H](O)[C@H]1O. The van der Waals surface area contributed by atoms with Crippen LogP contribution in [0.15, 0.2) is 10.9 Å². The Balaban J connectivity index is 1.89.